The van der Waals surface area contributed by atoms with Gasteiger partial charge in [-0.2, -0.15) is 0 Å². The van der Waals surface area contributed by atoms with Gasteiger partial charge in [-0.15, -0.1) is 5.06 Å². The van der Waals surface area contributed by atoms with E-state index >= 15 is 0 Å². The molecule has 2 aliphatic rings. The van der Waals surface area contributed by atoms with Gasteiger partial charge < -0.3 is 9.57 Å². The van der Waals surface area contributed by atoms with Crippen LogP contribution in [0.1, 0.15) is 47.5 Å². The van der Waals surface area contributed by atoms with Crippen LogP contribution in [0.5, 0.6) is 5.75 Å². The van der Waals surface area contributed by atoms with Crippen LogP contribution in [0.15, 0.2) is 42.5 Å². The molecule has 0 atom stereocenters. The molecule has 1 aliphatic carbocycles. The monoisotopic (exact) mass is 536 g/mol. The summed E-state index contributed by atoms with van der Waals surface area (Å²) in [5.74, 6) is 0.388. The van der Waals surface area contributed by atoms with Gasteiger partial charge in [0.2, 0.25) is 0 Å². The molecule has 1 saturated heterocycles. The van der Waals surface area contributed by atoms with E-state index < -0.39 is 20.7 Å². The first-order valence-corrected chi connectivity index (χ1v) is 12.8. The molecule has 4 rings (SSSR count). The van der Waals surface area contributed by atoms with E-state index in [-0.39, 0.29) is 22.0 Å². The second-order valence-electron chi connectivity index (χ2n) is 8.22. The molecule has 0 amide bonds. The summed E-state index contributed by atoms with van der Waals surface area (Å²) in [6.45, 7) is 1.45. The SMILES string of the molecule is C=Ic1cc([N+](=O)[O-])c(OC)cc1C1CC2(CCN(OC(=O)c3ccccc3)CC2)C1. The normalized spacial score (nSPS) is 18.4. The van der Waals surface area contributed by atoms with Crippen LogP contribution in [-0.4, -0.2) is 40.7 Å². The highest BCUT2D eigenvalue weighted by Gasteiger charge is 2.47. The number of methoxy groups -OCH3 is 1. The zero-order valence-corrected chi connectivity index (χ0v) is 19.5. The van der Waals surface area contributed by atoms with E-state index in [1.165, 1.54) is 7.11 Å². The van der Waals surface area contributed by atoms with Gasteiger partial charge in [-0.05, 0) is 60.8 Å². The van der Waals surface area contributed by atoms with Crippen molar-refractivity contribution in [3.05, 3.63) is 67.3 Å². The van der Waals surface area contributed by atoms with Gasteiger partial charge in [-0.3, -0.25) is 10.1 Å². The van der Waals surface area contributed by atoms with Crippen LogP contribution in [0.3, 0.4) is 0 Å². The van der Waals surface area contributed by atoms with Crippen molar-refractivity contribution >= 4 is 36.9 Å². The Labute approximate surface area is 191 Å². The minimum absolute atomic E-state index is 0.0205. The molecule has 1 saturated carbocycles. The first kappa shape index (κ1) is 21.9. The number of nitro groups is 1. The van der Waals surface area contributed by atoms with Gasteiger partial charge in [0.1, 0.15) is 0 Å². The van der Waals surface area contributed by atoms with Crippen molar-refractivity contribution in [2.75, 3.05) is 20.2 Å². The van der Waals surface area contributed by atoms with Crippen LogP contribution in [0.25, 0.3) is 0 Å². The number of hydrogen-bond acceptors (Lipinski definition) is 6. The van der Waals surface area contributed by atoms with Gasteiger partial charge in [0.25, 0.3) is 0 Å². The second kappa shape index (κ2) is 9.04. The highest BCUT2D eigenvalue weighted by molar-refractivity contribution is 14.2. The smallest absolute Gasteiger partial charge is 0.357 e. The predicted molar refractivity (Wildman–Crippen MR) is 127 cm³/mol. The number of ether oxygens (including phenoxy) is 1. The molecule has 2 aromatic carbocycles. The highest BCUT2D eigenvalue weighted by atomic mass is 127. The van der Waals surface area contributed by atoms with Crippen molar-refractivity contribution in [3.8, 4) is 5.75 Å². The van der Waals surface area contributed by atoms with E-state index in [0.717, 1.165) is 47.9 Å². The van der Waals surface area contributed by atoms with E-state index in [0.29, 0.717) is 17.2 Å². The van der Waals surface area contributed by atoms with Crippen molar-refractivity contribution < 1.29 is 19.3 Å². The minimum Gasteiger partial charge on any atom is -0.490 e. The Morgan fingerprint density at radius 1 is 1.23 bits per heavy atom. The fourth-order valence-corrected chi connectivity index (χ4v) is 6.25. The van der Waals surface area contributed by atoms with Crippen LogP contribution in [0.2, 0.25) is 0 Å². The Balaban J connectivity index is 1.38. The molecule has 31 heavy (non-hydrogen) atoms. The fourth-order valence-electron chi connectivity index (χ4n) is 4.70. The summed E-state index contributed by atoms with van der Waals surface area (Å²) in [7, 11) is 1.47. The largest absolute Gasteiger partial charge is 0.490 e. The molecule has 1 spiro atoms. The van der Waals surface area contributed by atoms with Gasteiger partial charge in [0.15, 0.2) is 5.75 Å². The van der Waals surface area contributed by atoms with E-state index in [9.17, 15) is 14.9 Å². The van der Waals surface area contributed by atoms with Crippen molar-refractivity contribution in [2.24, 2.45) is 5.41 Å². The number of carbonyl (C=O) groups excluding carboxylic acids is 1. The van der Waals surface area contributed by atoms with E-state index in [2.05, 4.69) is 4.51 Å². The summed E-state index contributed by atoms with van der Waals surface area (Å²) in [6.07, 6.45) is 4.05. The van der Waals surface area contributed by atoms with Crippen LogP contribution in [-0.2, 0) is 4.84 Å². The Morgan fingerprint density at radius 2 is 1.90 bits per heavy atom. The summed E-state index contributed by atoms with van der Waals surface area (Å²) in [4.78, 5) is 28.8. The number of hydroxylamine groups is 2. The molecule has 1 aliphatic heterocycles. The molecular formula is C23H25IN2O5. The third kappa shape index (κ3) is 4.50. The van der Waals surface area contributed by atoms with Gasteiger partial charge in [0, 0.05) is 22.7 Å². The Hall–Kier alpha value is -2.33. The van der Waals surface area contributed by atoms with Crippen molar-refractivity contribution in [3.63, 3.8) is 0 Å². The molecule has 0 bridgehead atoms. The number of nitro benzene ring substituents is 1. The van der Waals surface area contributed by atoms with Crippen LogP contribution < -0.4 is 4.74 Å². The topological polar surface area (TPSA) is 81.9 Å². The number of hydrogen-bond donors (Lipinski definition) is 0. The lowest BCUT2D eigenvalue weighted by atomic mass is 9.56. The standard InChI is InChI=1S/C23H25IN2O5/c1-24-19-13-20(26(28)29)21(30-2)12-18(19)17-14-23(15-17)8-10-25(11-9-23)31-22(27)16-6-4-3-5-7-16/h3-7,12-13,17H,1,8-11,14-15H2,2H3. The maximum absolute atomic E-state index is 12.3. The molecule has 7 nitrogen and oxygen atoms in total. The van der Waals surface area contributed by atoms with Crippen LogP contribution in [0.4, 0.5) is 5.69 Å². The quantitative estimate of drug-likeness (QED) is 0.297. The molecule has 0 N–H and O–H groups in total. The fraction of sp³-hybridized carbons (Fsp3) is 0.391. The first-order valence-electron chi connectivity index (χ1n) is 10.2. The van der Waals surface area contributed by atoms with Crippen molar-refractivity contribution in [1.82, 2.24) is 5.06 Å². The van der Waals surface area contributed by atoms with Crippen molar-refractivity contribution in [2.45, 2.75) is 31.6 Å². The maximum atomic E-state index is 12.3. The number of rotatable bonds is 6. The summed E-state index contributed by atoms with van der Waals surface area (Å²) < 4.78 is 10.4. The third-order valence-corrected chi connectivity index (χ3v) is 8.20. The molecule has 2 fully saturated rings. The zero-order chi connectivity index (χ0) is 22.0. The molecule has 1 heterocycles. The molecule has 164 valence electrons. The Bertz CT molecular complexity index is 995. The zero-order valence-electron chi connectivity index (χ0n) is 17.4. The summed E-state index contributed by atoms with van der Waals surface area (Å²) >= 11 is -0.525. The van der Waals surface area contributed by atoms with E-state index in [4.69, 9.17) is 9.57 Å². The lowest BCUT2D eigenvalue weighted by Gasteiger charge is -2.52. The number of nitrogens with zero attached hydrogens (tertiary/aromatic N) is 2. The second-order valence-corrected chi connectivity index (χ2v) is 10.1. The van der Waals surface area contributed by atoms with Gasteiger partial charge in [-0.1, -0.05) is 43.4 Å². The summed E-state index contributed by atoms with van der Waals surface area (Å²) in [5.41, 5.74) is 2.00. The summed E-state index contributed by atoms with van der Waals surface area (Å²) in [5, 5.41) is 13.1. The number of piperidine rings is 1. The molecule has 8 heteroatoms. The molecule has 0 aromatic heterocycles. The predicted octanol–water partition coefficient (Wildman–Crippen LogP) is 4.91. The van der Waals surface area contributed by atoms with E-state index in [1.54, 1.807) is 23.3 Å². The average molecular weight is 536 g/mol. The average Bonchev–Trinajstić information content (AvgIpc) is 2.77. The minimum atomic E-state index is -0.525. The number of halogens is 1. The molecule has 0 radical (unpaired) electrons. The Kier molecular flexibility index (Phi) is 6.38. The Morgan fingerprint density at radius 3 is 2.48 bits per heavy atom. The van der Waals surface area contributed by atoms with Crippen molar-refractivity contribution in [1.29, 1.82) is 0 Å². The van der Waals surface area contributed by atoms with Crippen LogP contribution >= 0.6 is 20.7 Å². The lowest BCUT2D eigenvalue weighted by Crippen LogP contribution is -2.46. The molecular weight excluding hydrogens is 511 g/mol. The summed E-state index contributed by atoms with van der Waals surface area (Å²) in [6, 6.07) is 12.5. The third-order valence-electron chi connectivity index (χ3n) is 6.44. The maximum Gasteiger partial charge on any atom is 0.357 e. The van der Waals surface area contributed by atoms with Gasteiger partial charge in [-0.25, -0.2) is 4.79 Å². The highest BCUT2D eigenvalue weighted by Crippen LogP contribution is 2.58. The number of benzene rings is 2. The lowest BCUT2D eigenvalue weighted by molar-refractivity contribution is -0.385. The molecule has 0 unspecified atom stereocenters. The van der Waals surface area contributed by atoms with Gasteiger partial charge in [0.05, 0.1) is 17.6 Å². The number of carbonyl (C=O) groups is 1. The van der Waals surface area contributed by atoms with E-state index in [1.807, 2.05) is 24.3 Å². The van der Waals surface area contributed by atoms with Crippen LogP contribution in [0, 0.1) is 19.1 Å². The molecule has 2 aromatic rings. The van der Waals surface area contributed by atoms with Gasteiger partial charge >= 0.3 is 11.7 Å². The first-order chi connectivity index (χ1) is 14.9.